The van der Waals surface area contributed by atoms with Gasteiger partial charge in [0.2, 0.25) is 11.8 Å². The van der Waals surface area contributed by atoms with Crippen molar-refractivity contribution in [2.24, 2.45) is 0 Å². The van der Waals surface area contributed by atoms with E-state index >= 15 is 0 Å². The topological polar surface area (TPSA) is 87.7 Å². The van der Waals surface area contributed by atoms with Crippen molar-refractivity contribution in [1.29, 1.82) is 0 Å². The van der Waals surface area contributed by atoms with Crippen LogP contribution in [0.3, 0.4) is 0 Å². The van der Waals surface area contributed by atoms with Crippen LogP contribution < -0.4 is 15.4 Å². The third-order valence-electron chi connectivity index (χ3n) is 4.41. The molecule has 1 aliphatic heterocycles. The molecule has 2 N–H and O–H groups in total. The number of methoxy groups -OCH3 is 1. The second-order valence-corrected chi connectivity index (χ2v) is 8.07. The summed E-state index contributed by atoms with van der Waals surface area (Å²) in [6, 6.07) is 6.86. The number of hydrogen-bond donors (Lipinski definition) is 2. The van der Waals surface area contributed by atoms with Crippen molar-refractivity contribution in [2.75, 3.05) is 50.1 Å². The molecule has 1 fully saturated rings. The summed E-state index contributed by atoms with van der Waals surface area (Å²) in [6.07, 6.45) is 4.98. The quantitative estimate of drug-likeness (QED) is 0.659. The number of benzene rings is 1. The van der Waals surface area contributed by atoms with Gasteiger partial charge < -0.3 is 20.3 Å². The minimum atomic E-state index is -1.53. The van der Waals surface area contributed by atoms with Gasteiger partial charge in [0.15, 0.2) is 0 Å². The second-order valence-electron chi connectivity index (χ2n) is 6.61. The molecule has 0 saturated carbocycles. The maximum atomic E-state index is 12.0. The first-order valence-electron chi connectivity index (χ1n) is 9.35. The lowest BCUT2D eigenvalue weighted by Gasteiger charge is -2.19. The Balaban J connectivity index is 1.63. The number of carbonyl (C=O) groups excluding carboxylic acids is 2. The average Bonchev–Trinajstić information content (AvgIpc) is 2.91. The van der Waals surface area contributed by atoms with E-state index in [-0.39, 0.29) is 23.3 Å². The zero-order valence-electron chi connectivity index (χ0n) is 15.9. The van der Waals surface area contributed by atoms with Gasteiger partial charge in [0.1, 0.15) is 17.3 Å². The second kappa shape index (κ2) is 11.7. The SMILES string of the molecule is COc1ccc(NC(=O)C[S@](=O)CC(=O)NCCN2CCCCCC2)cc1. The molecule has 0 aliphatic carbocycles. The first-order chi connectivity index (χ1) is 13.1. The molecule has 0 unspecified atom stereocenters. The Morgan fingerprint density at radius 3 is 2.30 bits per heavy atom. The number of amides is 2. The first-order valence-corrected chi connectivity index (χ1v) is 10.8. The Labute approximate surface area is 163 Å². The van der Waals surface area contributed by atoms with E-state index in [1.54, 1.807) is 31.4 Å². The van der Waals surface area contributed by atoms with Crippen LogP contribution in [0.4, 0.5) is 5.69 Å². The maximum absolute atomic E-state index is 12.0. The van der Waals surface area contributed by atoms with Gasteiger partial charge in [-0.1, -0.05) is 12.8 Å². The summed E-state index contributed by atoms with van der Waals surface area (Å²) in [5.41, 5.74) is 0.597. The molecule has 0 aromatic heterocycles. The van der Waals surface area contributed by atoms with Crippen LogP contribution >= 0.6 is 0 Å². The fraction of sp³-hybridized carbons (Fsp3) is 0.579. The third kappa shape index (κ3) is 8.53. The number of anilines is 1. The average molecular weight is 396 g/mol. The highest BCUT2D eigenvalue weighted by Gasteiger charge is 2.13. The third-order valence-corrected chi connectivity index (χ3v) is 5.58. The lowest BCUT2D eigenvalue weighted by molar-refractivity contribution is -0.118. The zero-order chi connectivity index (χ0) is 19.5. The van der Waals surface area contributed by atoms with Crippen molar-refractivity contribution < 1.29 is 18.5 Å². The zero-order valence-corrected chi connectivity index (χ0v) is 16.7. The van der Waals surface area contributed by atoms with Gasteiger partial charge in [-0.2, -0.15) is 0 Å². The molecule has 1 aromatic rings. The van der Waals surface area contributed by atoms with E-state index < -0.39 is 10.8 Å². The van der Waals surface area contributed by atoms with E-state index in [1.807, 2.05) is 0 Å². The van der Waals surface area contributed by atoms with Crippen molar-refractivity contribution >= 4 is 28.3 Å². The molecule has 1 aromatic carbocycles. The lowest BCUT2D eigenvalue weighted by Crippen LogP contribution is -2.37. The molecule has 1 saturated heterocycles. The van der Waals surface area contributed by atoms with Crippen LogP contribution in [-0.2, 0) is 20.4 Å². The van der Waals surface area contributed by atoms with Crippen LogP contribution in [0.2, 0.25) is 0 Å². The lowest BCUT2D eigenvalue weighted by atomic mass is 10.2. The molecular weight excluding hydrogens is 366 g/mol. The largest absolute Gasteiger partial charge is 0.497 e. The van der Waals surface area contributed by atoms with Gasteiger partial charge in [-0.3, -0.25) is 13.8 Å². The minimum absolute atomic E-state index is 0.157. The number of likely N-dealkylation sites (tertiary alicyclic amines) is 1. The summed E-state index contributed by atoms with van der Waals surface area (Å²) in [5.74, 6) is -0.327. The standard InChI is InChI=1S/C19H29N3O4S/c1-26-17-8-6-16(7-9-17)21-19(24)15-27(25)14-18(23)20-10-13-22-11-4-2-3-5-12-22/h6-9H,2-5,10-15H2,1H3,(H,20,23)(H,21,24)/t27-/m1/s1. The molecule has 1 aliphatic rings. The fourth-order valence-corrected chi connectivity index (χ4v) is 3.84. The number of nitrogens with zero attached hydrogens (tertiary/aromatic N) is 1. The summed E-state index contributed by atoms with van der Waals surface area (Å²) in [5, 5.41) is 5.46. The van der Waals surface area contributed by atoms with Crippen LogP contribution in [0.5, 0.6) is 5.75 Å². The number of hydrogen-bond acceptors (Lipinski definition) is 5. The molecule has 2 rings (SSSR count). The van der Waals surface area contributed by atoms with Gasteiger partial charge >= 0.3 is 0 Å². The Kier molecular flexibility index (Phi) is 9.27. The van der Waals surface area contributed by atoms with Gasteiger partial charge in [-0.05, 0) is 50.2 Å². The molecule has 1 atom stereocenters. The molecule has 0 radical (unpaired) electrons. The Morgan fingerprint density at radius 1 is 1.04 bits per heavy atom. The summed E-state index contributed by atoms with van der Waals surface area (Å²) in [4.78, 5) is 26.2. The van der Waals surface area contributed by atoms with E-state index in [0.717, 1.165) is 19.6 Å². The Morgan fingerprint density at radius 2 is 1.67 bits per heavy atom. The molecular formula is C19H29N3O4S. The van der Waals surface area contributed by atoms with Gasteiger partial charge in [0, 0.05) is 29.6 Å². The van der Waals surface area contributed by atoms with E-state index in [4.69, 9.17) is 4.74 Å². The van der Waals surface area contributed by atoms with E-state index in [2.05, 4.69) is 15.5 Å². The van der Waals surface area contributed by atoms with Crippen molar-refractivity contribution in [3.63, 3.8) is 0 Å². The highest BCUT2D eigenvalue weighted by atomic mass is 32.2. The molecule has 1 heterocycles. The molecule has 27 heavy (non-hydrogen) atoms. The summed E-state index contributed by atoms with van der Waals surface area (Å²) < 4.78 is 17.1. The number of rotatable bonds is 9. The van der Waals surface area contributed by atoms with Crippen LogP contribution in [0.25, 0.3) is 0 Å². The normalized spacial score (nSPS) is 16.2. The first kappa shape index (κ1) is 21.4. The Hall–Kier alpha value is -1.93. The Bertz CT molecular complexity index is 628. The number of ether oxygens (including phenoxy) is 1. The molecule has 0 bridgehead atoms. The monoisotopic (exact) mass is 395 g/mol. The van der Waals surface area contributed by atoms with E-state index in [0.29, 0.717) is 18.0 Å². The molecule has 8 heteroatoms. The molecule has 2 amide bonds. The van der Waals surface area contributed by atoms with Crippen LogP contribution in [0.1, 0.15) is 25.7 Å². The van der Waals surface area contributed by atoms with Crippen LogP contribution in [-0.4, -0.2) is 65.7 Å². The van der Waals surface area contributed by atoms with Gasteiger partial charge in [-0.25, -0.2) is 0 Å². The van der Waals surface area contributed by atoms with Crippen LogP contribution in [0.15, 0.2) is 24.3 Å². The van der Waals surface area contributed by atoms with Gasteiger partial charge in [0.05, 0.1) is 7.11 Å². The highest BCUT2D eigenvalue weighted by Crippen LogP contribution is 2.14. The highest BCUT2D eigenvalue weighted by molar-refractivity contribution is 7.86. The number of nitrogens with one attached hydrogen (secondary N) is 2. The molecule has 7 nitrogen and oxygen atoms in total. The van der Waals surface area contributed by atoms with Crippen molar-refractivity contribution in [3.05, 3.63) is 24.3 Å². The predicted molar refractivity (Wildman–Crippen MR) is 107 cm³/mol. The molecule has 0 spiro atoms. The maximum Gasteiger partial charge on any atom is 0.237 e. The van der Waals surface area contributed by atoms with Crippen molar-refractivity contribution in [3.8, 4) is 5.75 Å². The minimum Gasteiger partial charge on any atom is -0.497 e. The summed E-state index contributed by atoms with van der Waals surface area (Å²) in [7, 11) is 0.0320. The summed E-state index contributed by atoms with van der Waals surface area (Å²) >= 11 is 0. The van der Waals surface area contributed by atoms with Gasteiger partial charge in [-0.15, -0.1) is 0 Å². The van der Waals surface area contributed by atoms with E-state index in [9.17, 15) is 13.8 Å². The number of carbonyl (C=O) groups is 2. The molecule has 150 valence electrons. The summed E-state index contributed by atoms with van der Waals surface area (Å²) in [6.45, 7) is 3.52. The predicted octanol–water partition coefficient (Wildman–Crippen LogP) is 1.37. The van der Waals surface area contributed by atoms with Crippen LogP contribution in [0, 0.1) is 0 Å². The van der Waals surface area contributed by atoms with Crippen molar-refractivity contribution in [1.82, 2.24) is 10.2 Å². The van der Waals surface area contributed by atoms with E-state index in [1.165, 1.54) is 25.7 Å². The van der Waals surface area contributed by atoms with Gasteiger partial charge in [0.25, 0.3) is 0 Å². The van der Waals surface area contributed by atoms with Crippen molar-refractivity contribution in [2.45, 2.75) is 25.7 Å². The fourth-order valence-electron chi connectivity index (χ4n) is 2.98. The smallest absolute Gasteiger partial charge is 0.237 e.